The third-order valence-corrected chi connectivity index (χ3v) is 4.50. The van der Waals surface area contributed by atoms with Crippen LogP contribution in [0.3, 0.4) is 0 Å². The molecule has 0 amide bonds. The van der Waals surface area contributed by atoms with Crippen LogP contribution in [0.1, 0.15) is 19.2 Å². The van der Waals surface area contributed by atoms with Gasteiger partial charge in [0.05, 0.1) is 16.8 Å². The number of alkyl halides is 1. The van der Waals surface area contributed by atoms with Crippen LogP contribution in [0.5, 0.6) is 0 Å². The molecule has 1 unspecified atom stereocenters. The molecule has 1 heterocycles. The second-order valence-electron chi connectivity index (χ2n) is 4.47. The summed E-state index contributed by atoms with van der Waals surface area (Å²) < 4.78 is 1.71. The van der Waals surface area contributed by atoms with Crippen LogP contribution in [0.25, 0.3) is 10.9 Å². The Bertz CT molecular complexity index is 626. The number of benzene rings is 1. The van der Waals surface area contributed by atoms with Crippen molar-refractivity contribution >= 4 is 34.3 Å². The Morgan fingerprint density at radius 3 is 2.84 bits per heavy atom. The van der Waals surface area contributed by atoms with Crippen molar-refractivity contribution in [2.24, 2.45) is 0 Å². The number of nitrogens with zero attached hydrogens (tertiary/aromatic N) is 2. The Morgan fingerprint density at radius 2 is 2.16 bits per heavy atom. The molecule has 0 aliphatic rings. The lowest BCUT2D eigenvalue weighted by atomic mass is 10.2. The topological polar surface area (TPSA) is 34.9 Å². The van der Waals surface area contributed by atoms with E-state index in [9.17, 15) is 4.79 Å². The van der Waals surface area contributed by atoms with Crippen LogP contribution in [0, 0.1) is 0 Å². The first kappa shape index (κ1) is 14.4. The second-order valence-corrected chi connectivity index (χ2v) is 6.01. The molecule has 2 aromatic rings. The fourth-order valence-electron chi connectivity index (χ4n) is 1.98. The number of hydrogen-bond donors (Lipinski definition) is 0. The van der Waals surface area contributed by atoms with Crippen molar-refractivity contribution in [3.63, 3.8) is 0 Å². The van der Waals surface area contributed by atoms with Gasteiger partial charge in [-0.25, -0.2) is 4.98 Å². The zero-order valence-corrected chi connectivity index (χ0v) is 12.7. The molecule has 1 aromatic heterocycles. The van der Waals surface area contributed by atoms with E-state index in [1.54, 1.807) is 16.3 Å². The summed E-state index contributed by atoms with van der Waals surface area (Å²) in [7, 11) is 0. The van der Waals surface area contributed by atoms with Crippen LogP contribution >= 0.6 is 23.4 Å². The molecule has 102 valence electrons. The van der Waals surface area contributed by atoms with E-state index in [2.05, 4.69) is 18.2 Å². The molecule has 19 heavy (non-hydrogen) atoms. The van der Waals surface area contributed by atoms with Crippen LogP contribution in [0.15, 0.2) is 29.1 Å². The first-order chi connectivity index (χ1) is 9.17. The first-order valence-corrected chi connectivity index (χ1v) is 8.06. The van der Waals surface area contributed by atoms with Crippen LogP contribution in [-0.4, -0.2) is 21.1 Å². The highest BCUT2D eigenvalue weighted by atomic mass is 35.5. The number of thioether (sulfide) groups is 1. The van der Waals surface area contributed by atoms with E-state index < -0.39 is 0 Å². The van der Waals surface area contributed by atoms with Gasteiger partial charge in [0.15, 0.2) is 0 Å². The highest BCUT2D eigenvalue weighted by molar-refractivity contribution is 7.99. The molecule has 0 saturated carbocycles. The van der Waals surface area contributed by atoms with Crippen molar-refractivity contribution in [1.29, 1.82) is 0 Å². The lowest BCUT2D eigenvalue weighted by Crippen LogP contribution is -2.26. The third kappa shape index (κ3) is 3.12. The Kier molecular flexibility index (Phi) is 4.88. The summed E-state index contributed by atoms with van der Waals surface area (Å²) >= 11 is 7.72. The van der Waals surface area contributed by atoms with E-state index in [-0.39, 0.29) is 11.4 Å². The van der Waals surface area contributed by atoms with Crippen molar-refractivity contribution in [3.8, 4) is 0 Å². The van der Waals surface area contributed by atoms with Crippen molar-refractivity contribution in [1.82, 2.24) is 9.55 Å². The van der Waals surface area contributed by atoms with Crippen molar-refractivity contribution < 1.29 is 0 Å². The molecule has 1 aromatic carbocycles. The number of fused-ring (bicyclic) bond motifs is 1. The number of para-hydroxylation sites is 1. The Balaban J connectivity index is 2.46. The number of rotatable bonds is 5. The van der Waals surface area contributed by atoms with Crippen molar-refractivity contribution in [3.05, 3.63) is 40.4 Å². The SMILES string of the molecule is CSC(C)CCn1c(CCl)nc2ccccc2c1=O. The van der Waals surface area contributed by atoms with Gasteiger partial charge in [-0.3, -0.25) is 9.36 Å². The summed E-state index contributed by atoms with van der Waals surface area (Å²) in [6.07, 6.45) is 3.01. The van der Waals surface area contributed by atoms with Crippen molar-refractivity contribution in [2.75, 3.05) is 6.26 Å². The molecule has 5 heteroatoms. The summed E-state index contributed by atoms with van der Waals surface area (Å²) in [6.45, 7) is 2.82. The largest absolute Gasteiger partial charge is 0.295 e. The van der Waals surface area contributed by atoms with Gasteiger partial charge in [0.25, 0.3) is 5.56 Å². The molecule has 2 rings (SSSR count). The standard InChI is InChI=1S/C14H17ClN2OS/c1-10(19-2)7-8-17-13(9-15)16-12-6-4-3-5-11(12)14(17)18/h3-6,10H,7-9H2,1-2H3. The molecule has 0 N–H and O–H groups in total. The van der Waals surface area contributed by atoms with Gasteiger partial charge in [-0.2, -0.15) is 11.8 Å². The van der Waals surface area contributed by atoms with Gasteiger partial charge in [0.1, 0.15) is 5.82 Å². The van der Waals surface area contributed by atoms with Crippen LogP contribution in [-0.2, 0) is 12.4 Å². The minimum atomic E-state index is 0.00885. The predicted molar refractivity (Wildman–Crippen MR) is 83.2 cm³/mol. The summed E-state index contributed by atoms with van der Waals surface area (Å²) in [4.78, 5) is 16.9. The van der Waals surface area contributed by atoms with Crippen LogP contribution < -0.4 is 5.56 Å². The second kappa shape index (κ2) is 6.44. The molecule has 0 fully saturated rings. The van der Waals surface area contributed by atoms with E-state index in [1.165, 1.54) is 0 Å². The first-order valence-electron chi connectivity index (χ1n) is 6.24. The van der Waals surface area contributed by atoms with Gasteiger partial charge in [-0.05, 0) is 24.8 Å². The molecule has 0 radical (unpaired) electrons. The fourth-order valence-corrected chi connectivity index (χ4v) is 2.52. The Hall–Kier alpha value is -1.00. The highest BCUT2D eigenvalue weighted by Gasteiger charge is 2.10. The lowest BCUT2D eigenvalue weighted by Gasteiger charge is -2.14. The summed E-state index contributed by atoms with van der Waals surface area (Å²) in [5, 5.41) is 1.18. The van der Waals surface area contributed by atoms with Gasteiger partial charge in [-0.1, -0.05) is 19.1 Å². The van der Waals surface area contributed by atoms with E-state index >= 15 is 0 Å². The average molecular weight is 297 g/mol. The molecule has 1 atom stereocenters. The molecule has 3 nitrogen and oxygen atoms in total. The van der Waals surface area contributed by atoms with Gasteiger partial charge in [0.2, 0.25) is 0 Å². The van der Waals surface area contributed by atoms with E-state index in [1.807, 2.05) is 24.3 Å². The zero-order valence-electron chi connectivity index (χ0n) is 11.1. The maximum Gasteiger partial charge on any atom is 0.261 e. The highest BCUT2D eigenvalue weighted by Crippen LogP contribution is 2.13. The van der Waals surface area contributed by atoms with Crippen LogP contribution in [0.4, 0.5) is 0 Å². The average Bonchev–Trinajstić information content (AvgIpc) is 2.45. The molecule has 0 aliphatic heterocycles. The summed E-state index contributed by atoms with van der Waals surface area (Å²) in [5.41, 5.74) is 0.729. The van der Waals surface area contributed by atoms with E-state index in [4.69, 9.17) is 11.6 Å². The molecule has 0 spiro atoms. The Morgan fingerprint density at radius 1 is 1.42 bits per heavy atom. The fraction of sp³-hybridized carbons (Fsp3) is 0.429. The van der Waals surface area contributed by atoms with Gasteiger partial charge in [0, 0.05) is 11.8 Å². The van der Waals surface area contributed by atoms with Crippen LogP contribution in [0.2, 0.25) is 0 Å². The third-order valence-electron chi connectivity index (χ3n) is 3.22. The van der Waals surface area contributed by atoms with Gasteiger partial charge >= 0.3 is 0 Å². The summed E-state index contributed by atoms with van der Waals surface area (Å²) in [6, 6.07) is 7.41. The number of hydrogen-bond acceptors (Lipinski definition) is 3. The monoisotopic (exact) mass is 296 g/mol. The molecular weight excluding hydrogens is 280 g/mol. The lowest BCUT2D eigenvalue weighted by molar-refractivity contribution is 0.595. The van der Waals surface area contributed by atoms with Crippen molar-refractivity contribution in [2.45, 2.75) is 31.0 Å². The number of halogens is 1. The molecule has 0 saturated heterocycles. The maximum atomic E-state index is 12.5. The maximum absolute atomic E-state index is 12.5. The molecule has 0 aliphatic carbocycles. The molecule has 0 bridgehead atoms. The van der Waals surface area contributed by atoms with Gasteiger partial charge in [-0.15, -0.1) is 11.6 Å². The minimum absolute atomic E-state index is 0.00885. The normalized spacial score (nSPS) is 12.8. The minimum Gasteiger partial charge on any atom is -0.295 e. The van der Waals surface area contributed by atoms with Gasteiger partial charge < -0.3 is 0 Å². The number of aromatic nitrogens is 2. The zero-order chi connectivity index (χ0) is 13.8. The summed E-state index contributed by atoms with van der Waals surface area (Å²) in [5.74, 6) is 0.909. The van der Waals surface area contributed by atoms with E-state index in [0.717, 1.165) is 11.9 Å². The smallest absolute Gasteiger partial charge is 0.261 e. The Labute approximate surface area is 122 Å². The molecular formula is C14H17ClN2OS. The van der Waals surface area contributed by atoms with E-state index in [0.29, 0.717) is 23.0 Å². The predicted octanol–water partition coefficient (Wildman–Crippen LogP) is 3.28. The quantitative estimate of drug-likeness (QED) is 0.794.